The first-order chi connectivity index (χ1) is 8.56. The van der Waals surface area contributed by atoms with Gasteiger partial charge in [0, 0.05) is 11.9 Å². The van der Waals surface area contributed by atoms with Gasteiger partial charge in [0.1, 0.15) is 10.2 Å². The summed E-state index contributed by atoms with van der Waals surface area (Å²) in [4.78, 5) is 10.3. The molecular formula is C12H15BrClNO3. The molecule has 1 aromatic rings. The lowest BCUT2D eigenvalue weighted by Crippen LogP contribution is -2.05. The van der Waals surface area contributed by atoms with Crippen molar-refractivity contribution >= 4 is 33.2 Å². The Bertz CT molecular complexity index is 414. The zero-order valence-electron chi connectivity index (χ0n) is 10.1. The molecule has 0 radical (unpaired) electrons. The summed E-state index contributed by atoms with van der Waals surface area (Å²) in [7, 11) is 0. The van der Waals surface area contributed by atoms with E-state index in [1.807, 2.05) is 0 Å². The normalized spacial score (nSPS) is 12.2. The van der Waals surface area contributed by atoms with E-state index in [2.05, 4.69) is 22.9 Å². The Kier molecular flexibility index (Phi) is 6.43. The molecule has 0 heterocycles. The number of hydrogen-bond acceptors (Lipinski definition) is 3. The van der Waals surface area contributed by atoms with Crippen LogP contribution in [0.3, 0.4) is 0 Å². The van der Waals surface area contributed by atoms with E-state index in [-0.39, 0.29) is 5.69 Å². The average Bonchev–Trinajstić information content (AvgIpc) is 2.31. The van der Waals surface area contributed by atoms with Crippen molar-refractivity contribution in [1.29, 1.82) is 0 Å². The van der Waals surface area contributed by atoms with E-state index in [1.165, 1.54) is 6.07 Å². The average molecular weight is 337 g/mol. The van der Waals surface area contributed by atoms with Crippen LogP contribution in [0.4, 0.5) is 5.69 Å². The second-order valence-electron chi connectivity index (χ2n) is 4.07. The molecule has 0 aliphatic heterocycles. The maximum absolute atomic E-state index is 10.7. The molecule has 0 spiro atoms. The summed E-state index contributed by atoms with van der Waals surface area (Å²) in [6, 6.07) is 4.76. The summed E-state index contributed by atoms with van der Waals surface area (Å²) in [5.74, 6) is 1.63. The number of hydrogen-bond donors (Lipinski definition) is 0. The van der Waals surface area contributed by atoms with Crippen LogP contribution in [-0.4, -0.2) is 17.4 Å². The smallest absolute Gasteiger partial charge is 0.287 e. The molecule has 0 aliphatic carbocycles. The first-order valence-corrected chi connectivity index (χ1v) is 7.00. The van der Waals surface area contributed by atoms with Crippen LogP contribution in [-0.2, 0) is 0 Å². The van der Waals surface area contributed by atoms with Gasteiger partial charge in [-0.1, -0.05) is 13.0 Å². The predicted molar refractivity (Wildman–Crippen MR) is 75.4 cm³/mol. The molecule has 0 saturated carbocycles. The standard InChI is InChI=1S/C12H15BrClNO3/c1-9(5-7-14)6-8-18-11-4-2-3-10(12(11)13)15(16)17/h2-4,9H,5-8H2,1H3. The Morgan fingerprint density at radius 3 is 2.83 bits per heavy atom. The molecule has 0 N–H and O–H groups in total. The molecule has 1 atom stereocenters. The lowest BCUT2D eigenvalue weighted by molar-refractivity contribution is -0.385. The molecule has 1 rings (SSSR count). The molecule has 1 unspecified atom stereocenters. The van der Waals surface area contributed by atoms with E-state index in [4.69, 9.17) is 16.3 Å². The summed E-state index contributed by atoms with van der Waals surface area (Å²) in [6.07, 6.45) is 1.82. The van der Waals surface area contributed by atoms with Gasteiger partial charge in [-0.25, -0.2) is 0 Å². The number of halogens is 2. The van der Waals surface area contributed by atoms with E-state index in [9.17, 15) is 10.1 Å². The largest absolute Gasteiger partial charge is 0.492 e. The third-order valence-corrected chi connectivity index (χ3v) is 3.62. The minimum absolute atomic E-state index is 0.0151. The number of alkyl halides is 1. The SMILES string of the molecule is CC(CCCl)CCOc1cccc([N+](=O)[O-])c1Br. The number of benzene rings is 1. The fourth-order valence-electron chi connectivity index (χ4n) is 1.45. The Morgan fingerprint density at radius 1 is 1.50 bits per heavy atom. The summed E-state index contributed by atoms with van der Waals surface area (Å²) >= 11 is 8.84. The van der Waals surface area contributed by atoms with Gasteiger partial charge in [-0.3, -0.25) is 10.1 Å². The molecule has 0 saturated heterocycles. The second kappa shape index (κ2) is 7.59. The predicted octanol–water partition coefficient (Wildman–Crippen LogP) is 4.39. The highest BCUT2D eigenvalue weighted by Crippen LogP contribution is 2.33. The van der Waals surface area contributed by atoms with Crippen LogP contribution < -0.4 is 4.74 Å². The van der Waals surface area contributed by atoms with Crippen LogP contribution in [0.5, 0.6) is 5.75 Å². The van der Waals surface area contributed by atoms with Crippen LogP contribution in [0.25, 0.3) is 0 Å². The third-order valence-electron chi connectivity index (χ3n) is 2.61. The minimum atomic E-state index is -0.437. The van der Waals surface area contributed by atoms with Crippen molar-refractivity contribution in [3.05, 3.63) is 32.8 Å². The number of nitro benzene ring substituents is 1. The van der Waals surface area contributed by atoms with Crippen molar-refractivity contribution in [2.75, 3.05) is 12.5 Å². The number of ether oxygens (including phenoxy) is 1. The highest BCUT2D eigenvalue weighted by molar-refractivity contribution is 9.10. The van der Waals surface area contributed by atoms with Crippen molar-refractivity contribution in [3.8, 4) is 5.75 Å². The van der Waals surface area contributed by atoms with Crippen LogP contribution in [0, 0.1) is 16.0 Å². The summed E-state index contributed by atoms with van der Waals surface area (Å²) < 4.78 is 5.94. The topological polar surface area (TPSA) is 52.4 Å². The Balaban J connectivity index is 2.57. The minimum Gasteiger partial charge on any atom is -0.492 e. The molecule has 6 heteroatoms. The molecular weight excluding hydrogens is 321 g/mol. The Hall–Kier alpha value is -0.810. The monoisotopic (exact) mass is 335 g/mol. The first-order valence-electron chi connectivity index (χ1n) is 5.68. The Labute approximate surface area is 120 Å². The highest BCUT2D eigenvalue weighted by atomic mass is 79.9. The van der Waals surface area contributed by atoms with Gasteiger partial charge in [-0.05, 0) is 40.8 Å². The zero-order valence-corrected chi connectivity index (χ0v) is 12.4. The van der Waals surface area contributed by atoms with Gasteiger partial charge >= 0.3 is 0 Å². The third kappa shape index (κ3) is 4.46. The van der Waals surface area contributed by atoms with Gasteiger partial charge < -0.3 is 4.74 Å². The van der Waals surface area contributed by atoms with Gasteiger partial charge in [0.25, 0.3) is 5.69 Å². The van der Waals surface area contributed by atoms with Crippen LogP contribution in [0.2, 0.25) is 0 Å². The quantitative estimate of drug-likeness (QED) is 0.421. The molecule has 0 aromatic heterocycles. The molecule has 1 aromatic carbocycles. The van der Waals surface area contributed by atoms with Gasteiger partial charge in [0.15, 0.2) is 0 Å². The van der Waals surface area contributed by atoms with Crippen LogP contribution >= 0.6 is 27.5 Å². The molecule has 100 valence electrons. The van der Waals surface area contributed by atoms with Crippen molar-refractivity contribution in [1.82, 2.24) is 0 Å². The fraction of sp³-hybridized carbons (Fsp3) is 0.500. The van der Waals surface area contributed by atoms with Gasteiger partial charge in [-0.15, -0.1) is 11.6 Å². The number of rotatable bonds is 7. The highest BCUT2D eigenvalue weighted by Gasteiger charge is 2.15. The summed E-state index contributed by atoms with van der Waals surface area (Å²) in [5.41, 5.74) is 0.0151. The molecule has 0 aliphatic rings. The Morgan fingerprint density at radius 2 is 2.22 bits per heavy atom. The maximum Gasteiger partial charge on any atom is 0.287 e. The maximum atomic E-state index is 10.7. The lowest BCUT2D eigenvalue weighted by Gasteiger charge is -2.11. The van der Waals surface area contributed by atoms with E-state index >= 15 is 0 Å². The summed E-state index contributed by atoms with van der Waals surface area (Å²) in [6.45, 7) is 2.63. The second-order valence-corrected chi connectivity index (χ2v) is 5.24. The van der Waals surface area contributed by atoms with Crippen molar-refractivity contribution in [2.45, 2.75) is 19.8 Å². The molecule has 0 bridgehead atoms. The van der Waals surface area contributed by atoms with E-state index in [0.29, 0.717) is 28.6 Å². The molecule has 0 fully saturated rings. The van der Waals surface area contributed by atoms with Crippen molar-refractivity contribution in [2.24, 2.45) is 5.92 Å². The van der Waals surface area contributed by atoms with Gasteiger partial charge in [0.05, 0.1) is 11.5 Å². The molecule has 0 amide bonds. The fourth-order valence-corrected chi connectivity index (χ4v) is 2.35. The van der Waals surface area contributed by atoms with Gasteiger partial charge in [-0.2, -0.15) is 0 Å². The lowest BCUT2D eigenvalue weighted by atomic mass is 10.1. The van der Waals surface area contributed by atoms with Crippen molar-refractivity contribution in [3.63, 3.8) is 0 Å². The number of nitrogens with zero attached hydrogens (tertiary/aromatic N) is 1. The first kappa shape index (κ1) is 15.2. The van der Waals surface area contributed by atoms with Crippen molar-refractivity contribution < 1.29 is 9.66 Å². The van der Waals surface area contributed by atoms with E-state index in [1.54, 1.807) is 12.1 Å². The van der Waals surface area contributed by atoms with Gasteiger partial charge in [0.2, 0.25) is 0 Å². The van der Waals surface area contributed by atoms with E-state index < -0.39 is 4.92 Å². The number of nitro groups is 1. The molecule has 4 nitrogen and oxygen atoms in total. The van der Waals surface area contributed by atoms with Crippen LogP contribution in [0.1, 0.15) is 19.8 Å². The zero-order chi connectivity index (χ0) is 13.5. The van der Waals surface area contributed by atoms with E-state index in [0.717, 1.165) is 12.8 Å². The summed E-state index contributed by atoms with van der Waals surface area (Å²) in [5, 5.41) is 10.7. The van der Waals surface area contributed by atoms with Crippen LogP contribution in [0.15, 0.2) is 22.7 Å². The molecule has 18 heavy (non-hydrogen) atoms.